The summed E-state index contributed by atoms with van der Waals surface area (Å²) < 4.78 is 5.98. The summed E-state index contributed by atoms with van der Waals surface area (Å²) in [4.78, 5) is 0. The molecule has 0 spiro atoms. The minimum atomic E-state index is 0.446. The third-order valence-electron chi connectivity index (χ3n) is 3.75. The van der Waals surface area contributed by atoms with Crippen LogP contribution < -0.4 is 5.32 Å². The number of nitrogens with one attached hydrogen (secondary N) is 1. The summed E-state index contributed by atoms with van der Waals surface area (Å²) in [6.45, 7) is 3.10. The summed E-state index contributed by atoms with van der Waals surface area (Å²) in [5.41, 5.74) is 3.02. The Kier molecular flexibility index (Phi) is 2.94. The maximum atomic E-state index is 5.98. The third-order valence-corrected chi connectivity index (χ3v) is 3.75. The van der Waals surface area contributed by atoms with Gasteiger partial charge in [-0.15, -0.1) is 0 Å². The molecule has 2 aliphatic rings. The Morgan fingerprint density at radius 3 is 3.06 bits per heavy atom. The maximum Gasteiger partial charge on any atom is 0.0700 e. The second kappa shape index (κ2) is 4.56. The molecule has 1 N–H and O–H groups in total. The average molecular weight is 217 g/mol. The Morgan fingerprint density at radius 1 is 1.31 bits per heavy atom. The molecule has 1 aromatic rings. The molecular weight excluding hydrogens is 198 g/mol. The van der Waals surface area contributed by atoms with Crippen molar-refractivity contribution in [3.05, 3.63) is 35.4 Å². The summed E-state index contributed by atoms with van der Waals surface area (Å²) in [5.74, 6) is 0.651. The van der Waals surface area contributed by atoms with Crippen LogP contribution in [0.5, 0.6) is 0 Å². The first-order valence-electron chi connectivity index (χ1n) is 6.33. The van der Waals surface area contributed by atoms with E-state index in [1.165, 1.54) is 30.4 Å². The van der Waals surface area contributed by atoms with E-state index >= 15 is 0 Å². The monoisotopic (exact) mass is 217 g/mol. The normalized spacial score (nSPS) is 28.2. The average Bonchev–Trinajstić information content (AvgIpc) is 2.32. The van der Waals surface area contributed by atoms with Crippen molar-refractivity contribution in [1.82, 2.24) is 5.32 Å². The van der Waals surface area contributed by atoms with E-state index in [0.717, 1.165) is 19.7 Å². The Bertz CT molecular complexity index is 358. The standard InChI is InChI=1S/C14H19NO/c1-2-6-14-11(4-1)8-12(14)10-16-13-5-3-7-15-9-13/h1-2,4,6,12-13,15H,3,5,7-10H2/t12?,13-/m0/s1. The molecule has 1 unspecified atom stereocenters. The highest BCUT2D eigenvalue weighted by atomic mass is 16.5. The minimum Gasteiger partial charge on any atom is -0.376 e. The Hall–Kier alpha value is -0.860. The fourth-order valence-corrected chi connectivity index (χ4v) is 2.73. The van der Waals surface area contributed by atoms with Crippen molar-refractivity contribution in [1.29, 1.82) is 0 Å². The van der Waals surface area contributed by atoms with Crippen LogP contribution in [0.4, 0.5) is 0 Å². The lowest BCUT2D eigenvalue weighted by Gasteiger charge is -2.32. The topological polar surface area (TPSA) is 21.3 Å². The molecule has 1 heterocycles. The number of piperidine rings is 1. The molecule has 0 amide bonds. The molecule has 2 atom stereocenters. The van der Waals surface area contributed by atoms with Crippen molar-refractivity contribution in [2.24, 2.45) is 0 Å². The van der Waals surface area contributed by atoms with Gasteiger partial charge in [-0.25, -0.2) is 0 Å². The van der Waals surface area contributed by atoms with Gasteiger partial charge in [-0.3, -0.25) is 0 Å². The molecular formula is C14H19NO. The predicted octanol–water partition coefficient (Wildman–Crippen LogP) is 2.09. The van der Waals surface area contributed by atoms with Crippen LogP contribution in [0, 0.1) is 0 Å². The molecule has 2 nitrogen and oxygen atoms in total. The van der Waals surface area contributed by atoms with Gasteiger partial charge in [0, 0.05) is 12.5 Å². The SMILES string of the molecule is c1ccc2c(c1)CC2CO[C@H]1CCCNC1. The fourth-order valence-electron chi connectivity index (χ4n) is 2.73. The number of rotatable bonds is 3. The lowest BCUT2D eigenvalue weighted by Crippen LogP contribution is -2.36. The van der Waals surface area contributed by atoms with E-state index in [0.29, 0.717) is 12.0 Å². The number of ether oxygens (including phenoxy) is 1. The summed E-state index contributed by atoms with van der Waals surface area (Å²) in [6.07, 6.45) is 4.13. The van der Waals surface area contributed by atoms with Crippen molar-refractivity contribution >= 4 is 0 Å². The molecule has 86 valence electrons. The fraction of sp³-hybridized carbons (Fsp3) is 0.571. The van der Waals surface area contributed by atoms with Gasteiger partial charge < -0.3 is 10.1 Å². The molecule has 16 heavy (non-hydrogen) atoms. The second-order valence-corrected chi connectivity index (χ2v) is 4.90. The van der Waals surface area contributed by atoms with E-state index < -0.39 is 0 Å². The van der Waals surface area contributed by atoms with Gasteiger partial charge in [0.1, 0.15) is 0 Å². The van der Waals surface area contributed by atoms with E-state index in [4.69, 9.17) is 4.74 Å². The van der Waals surface area contributed by atoms with Gasteiger partial charge in [0.2, 0.25) is 0 Å². The van der Waals surface area contributed by atoms with Crippen molar-refractivity contribution in [2.75, 3.05) is 19.7 Å². The van der Waals surface area contributed by atoms with Crippen molar-refractivity contribution < 1.29 is 4.74 Å². The van der Waals surface area contributed by atoms with Crippen LogP contribution in [0.1, 0.15) is 29.9 Å². The lowest BCUT2D eigenvalue weighted by molar-refractivity contribution is 0.0252. The van der Waals surface area contributed by atoms with Crippen LogP contribution in [-0.4, -0.2) is 25.8 Å². The Labute approximate surface area is 97.0 Å². The van der Waals surface area contributed by atoms with Crippen molar-refractivity contribution in [3.8, 4) is 0 Å². The van der Waals surface area contributed by atoms with Crippen molar-refractivity contribution in [2.45, 2.75) is 31.3 Å². The number of fused-ring (bicyclic) bond motifs is 1. The van der Waals surface area contributed by atoms with Gasteiger partial charge in [-0.05, 0) is 36.9 Å². The zero-order valence-corrected chi connectivity index (χ0v) is 9.61. The van der Waals surface area contributed by atoms with Crippen LogP contribution in [0.25, 0.3) is 0 Å². The summed E-state index contributed by atoms with van der Waals surface area (Å²) in [7, 11) is 0. The molecule has 2 heteroatoms. The maximum absolute atomic E-state index is 5.98. The Balaban J connectivity index is 1.50. The van der Waals surface area contributed by atoms with Crippen LogP contribution in [0.2, 0.25) is 0 Å². The molecule has 0 aromatic heterocycles. The number of hydrogen-bond acceptors (Lipinski definition) is 2. The molecule has 1 saturated heterocycles. The zero-order valence-electron chi connectivity index (χ0n) is 9.61. The van der Waals surface area contributed by atoms with Gasteiger partial charge in [-0.2, -0.15) is 0 Å². The highest BCUT2D eigenvalue weighted by Crippen LogP contribution is 2.35. The van der Waals surface area contributed by atoms with Gasteiger partial charge >= 0.3 is 0 Å². The molecule has 1 aromatic carbocycles. The molecule has 0 radical (unpaired) electrons. The van der Waals surface area contributed by atoms with Gasteiger partial charge in [0.05, 0.1) is 12.7 Å². The zero-order chi connectivity index (χ0) is 10.8. The van der Waals surface area contributed by atoms with Crippen LogP contribution in [0.3, 0.4) is 0 Å². The van der Waals surface area contributed by atoms with E-state index in [-0.39, 0.29) is 0 Å². The summed E-state index contributed by atoms with van der Waals surface area (Å²) >= 11 is 0. The number of benzene rings is 1. The second-order valence-electron chi connectivity index (χ2n) is 4.90. The van der Waals surface area contributed by atoms with Gasteiger partial charge in [-0.1, -0.05) is 24.3 Å². The smallest absolute Gasteiger partial charge is 0.0700 e. The van der Waals surface area contributed by atoms with Crippen LogP contribution in [0.15, 0.2) is 24.3 Å². The third kappa shape index (κ3) is 2.00. The first-order valence-corrected chi connectivity index (χ1v) is 6.33. The summed E-state index contributed by atoms with van der Waals surface area (Å²) in [5, 5.41) is 3.39. The Morgan fingerprint density at radius 2 is 2.25 bits per heavy atom. The van der Waals surface area contributed by atoms with Crippen molar-refractivity contribution in [3.63, 3.8) is 0 Å². The highest BCUT2D eigenvalue weighted by Gasteiger charge is 2.26. The van der Waals surface area contributed by atoms with E-state index in [9.17, 15) is 0 Å². The van der Waals surface area contributed by atoms with E-state index in [1.54, 1.807) is 0 Å². The highest BCUT2D eigenvalue weighted by molar-refractivity contribution is 5.39. The van der Waals surface area contributed by atoms with Crippen LogP contribution >= 0.6 is 0 Å². The van der Waals surface area contributed by atoms with E-state index in [2.05, 4.69) is 29.6 Å². The van der Waals surface area contributed by atoms with Gasteiger partial charge in [0.25, 0.3) is 0 Å². The van der Waals surface area contributed by atoms with Crippen LogP contribution in [-0.2, 0) is 11.2 Å². The lowest BCUT2D eigenvalue weighted by atomic mass is 9.78. The quantitative estimate of drug-likeness (QED) is 0.837. The van der Waals surface area contributed by atoms with Gasteiger partial charge in [0.15, 0.2) is 0 Å². The predicted molar refractivity (Wildman–Crippen MR) is 64.7 cm³/mol. The first-order chi connectivity index (χ1) is 7.93. The minimum absolute atomic E-state index is 0.446. The molecule has 0 saturated carbocycles. The molecule has 1 aliphatic carbocycles. The molecule has 1 fully saturated rings. The molecule has 0 bridgehead atoms. The largest absolute Gasteiger partial charge is 0.376 e. The molecule has 1 aliphatic heterocycles. The first kappa shape index (κ1) is 10.3. The molecule has 3 rings (SSSR count). The number of hydrogen-bond donors (Lipinski definition) is 1. The van der Waals surface area contributed by atoms with E-state index in [1.807, 2.05) is 0 Å². The summed E-state index contributed by atoms with van der Waals surface area (Å²) in [6, 6.07) is 8.73.